The summed E-state index contributed by atoms with van der Waals surface area (Å²) in [6.07, 6.45) is 2.21. The first-order valence-electron chi connectivity index (χ1n) is 5.60. The Morgan fingerprint density at radius 3 is 2.75 bits per heavy atom. The molecule has 0 spiro atoms. The average Bonchev–Trinajstić information content (AvgIpc) is 2.27. The fourth-order valence-corrected chi connectivity index (χ4v) is 1.58. The van der Waals surface area contributed by atoms with Crippen LogP contribution in [-0.4, -0.2) is 17.7 Å². The van der Waals surface area contributed by atoms with Crippen molar-refractivity contribution in [1.29, 1.82) is 0 Å². The van der Waals surface area contributed by atoms with Crippen molar-refractivity contribution in [2.24, 2.45) is 5.92 Å². The molecule has 88 valence electrons. The summed E-state index contributed by atoms with van der Waals surface area (Å²) < 4.78 is 5.53. The molecule has 1 aromatic carbocycles. The zero-order valence-electron chi connectivity index (χ0n) is 9.77. The van der Waals surface area contributed by atoms with E-state index in [2.05, 4.69) is 13.8 Å². The van der Waals surface area contributed by atoms with Gasteiger partial charge in [-0.15, -0.1) is 0 Å². The van der Waals surface area contributed by atoms with Crippen LogP contribution in [-0.2, 0) is 0 Å². The molecule has 1 aromatic rings. The van der Waals surface area contributed by atoms with Gasteiger partial charge in [0, 0.05) is 0 Å². The van der Waals surface area contributed by atoms with Gasteiger partial charge in [0.15, 0.2) is 0 Å². The van der Waals surface area contributed by atoms with Crippen LogP contribution in [0.1, 0.15) is 37.0 Å². The lowest BCUT2D eigenvalue weighted by atomic mass is 10.1. The standard InChI is InChI=1S/C13H18O3/c1-3-6-10(2)9-16-12-8-5-4-7-11(12)13(14)15/h4-5,7-8,10H,3,6,9H2,1-2H3,(H,14,15). The molecule has 0 aliphatic heterocycles. The number of carboxylic acids is 1. The van der Waals surface area contributed by atoms with Crippen molar-refractivity contribution >= 4 is 5.97 Å². The highest BCUT2D eigenvalue weighted by atomic mass is 16.5. The summed E-state index contributed by atoms with van der Waals surface area (Å²) in [6.45, 7) is 4.80. The quantitative estimate of drug-likeness (QED) is 0.804. The predicted octanol–water partition coefficient (Wildman–Crippen LogP) is 3.20. The second kappa shape index (κ2) is 6.16. The minimum absolute atomic E-state index is 0.228. The molecule has 0 saturated heterocycles. The molecule has 3 nitrogen and oxygen atoms in total. The van der Waals surface area contributed by atoms with Crippen LogP contribution >= 0.6 is 0 Å². The first-order chi connectivity index (χ1) is 7.65. The lowest BCUT2D eigenvalue weighted by Crippen LogP contribution is -2.10. The highest BCUT2D eigenvalue weighted by Gasteiger charge is 2.11. The zero-order chi connectivity index (χ0) is 12.0. The van der Waals surface area contributed by atoms with Gasteiger partial charge in [-0.2, -0.15) is 0 Å². The zero-order valence-corrected chi connectivity index (χ0v) is 9.77. The van der Waals surface area contributed by atoms with E-state index in [-0.39, 0.29) is 5.56 Å². The molecule has 1 rings (SSSR count). The molecule has 1 unspecified atom stereocenters. The number of ether oxygens (including phenoxy) is 1. The molecule has 3 heteroatoms. The van der Waals surface area contributed by atoms with Crippen LogP contribution in [0.2, 0.25) is 0 Å². The number of hydrogen-bond acceptors (Lipinski definition) is 2. The van der Waals surface area contributed by atoms with Crippen molar-refractivity contribution in [3.8, 4) is 5.75 Å². The second-order valence-electron chi connectivity index (χ2n) is 4.01. The van der Waals surface area contributed by atoms with Gasteiger partial charge in [0.25, 0.3) is 0 Å². The number of rotatable bonds is 6. The average molecular weight is 222 g/mol. The molecule has 16 heavy (non-hydrogen) atoms. The number of para-hydroxylation sites is 1. The maximum Gasteiger partial charge on any atom is 0.339 e. The Bertz CT molecular complexity index is 347. The van der Waals surface area contributed by atoms with Crippen molar-refractivity contribution < 1.29 is 14.6 Å². The molecule has 0 radical (unpaired) electrons. The molecule has 0 aliphatic carbocycles. The van der Waals surface area contributed by atoms with E-state index in [0.717, 1.165) is 12.8 Å². The fourth-order valence-electron chi connectivity index (χ4n) is 1.58. The van der Waals surface area contributed by atoms with E-state index in [1.54, 1.807) is 24.3 Å². The van der Waals surface area contributed by atoms with Gasteiger partial charge in [0.05, 0.1) is 6.61 Å². The summed E-state index contributed by atoms with van der Waals surface area (Å²) in [6, 6.07) is 6.74. The van der Waals surface area contributed by atoms with E-state index >= 15 is 0 Å². The van der Waals surface area contributed by atoms with Gasteiger partial charge in [-0.05, 0) is 24.5 Å². The molecule has 0 saturated carbocycles. The number of aromatic carboxylic acids is 1. The Kier molecular flexibility index (Phi) is 4.83. The van der Waals surface area contributed by atoms with Crippen molar-refractivity contribution in [3.63, 3.8) is 0 Å². The Morgan fingerprint density at radius 1 is 1.44 bits per heavy atom. The van der Waals surface area contributed by atoms with Crippen LogP contribution in [0.5, 0.6) is 5.75 Å². The van der Waals surface area contributed by atoms with Crippen LogP contribution in [0.15, 0.2) is 24.3 Å². The smallest absolute Gasteiger partial charge is 0.339 e. The molecule has 0 fully saturated rings. The van der Waals surface area contributed by atoms with Crippen molar-refractivity contribution in [2.45, 2.75) is 26.7 Å². The van der Waals surface area contributed by atoms with E-state index in [4.69, 9.17) is 9.84 Å². The minimum Gasteiger partial charge on any atom is -0.492 e. The lowest BCUT2D eigenvalue weighted by molar-refractivity contribution is 0.0691. The van der Waals surface area contributed by atoms with Crippen molar-refractivity contribution in [3.05, 3.63) is 29.8 Å². The monoisotopic (exact) mass is 222 g/mol. The van der Waals surface area contributed by atoms with Crippen molar-refractivity contribution in [2.75, 3.05) is 6.61 Å². The van der Waals surface area contributed by atoms with Crippen molar-refractivity contribution in [1.82, 2.24) is 0 Å². The molecule has 0 amide bonds. The normalized spacial score (nSPS) is 12.1. The van der Waals surface area contributed by atoms with Gasteiger partial charge in [-0.1, -0.05) is 32.4 Å². The minimum atomic E-state index is -0.946. The SMILES string of the molecule is CCCC(C)COc1ccccc1C(=O)O. The molecule has 0 bridgehead atoms. The third-order valence-electron chi connectivity index (χ3n) is 2.42. The number of hydrogen-bond donors (Lipinski definition) is 1. The van der Waals surface area contributed by atoms with E-state index in [1.165, 1.54) is 0 Å². The van der Waals surface area contributed by atoms with Gasteiger partial charge in [0.1, 0.15) is 11.3 Å². The first-order valence-corrected chi connectivity index (χ1v) is 5.60. The summed E-state index contributed by atoms with van der Waals surface area (Å²) >= 11 is 0. The van der Waals surface area contributed by atoms with Crippen LogP contribution in [0.25, 0.3) is 0 Å². The van der Waals surface area contributed by atoms with Crippen LogP contribution in [0, 0.1) is 5.92 Å². The highest BCUT2D eigenvalue weighted by Crippen LogP contribution is 2.19. The van der Waals surface area contributed by atoms with Gasteiger partial charge >= 0.3 is 5.97 Å². The third kappa shape index (κ3) is 3.57. The van der Waals surface area contributed by atoms with E-state index < -0.39 is 5.97 Å². The van der Waals surface area contributed by atoms with Crippen LogP contribution < -0.4 is 4.74 Å². The Labute approximate surface area is 96.1 Å². The number of carbonyl (C=O) groups is 1. The Hall–Kier alpha value is -1.51. The lowest BCUT2D eigenvalue weighted by Gasteiger charge is -2.13. The summed E-state index contributed by atoms with van der Waals surface area (Å²) in [7, 11) is 0. The highest BCUT2D eigenvalue weighted by molar-refractivity contribution is 5.90. The molecular weight excluding hydrogens is 204 g/mol. The summed E-state index contributed by atoms with van der Waals surface area (Å²) in [4.78, 5) is 10.9. The Balaban J connectivity index is 2.63. The molecule has 1 N–H and O–H groups in total. The summed E-state index contributed by atoms with van der Waals surface area (Å²) in [5, 5.41) is 8.95. The molecular formula is C13H18O3. The first kappa shape index (κ1) is 12.6. The molecule has 1 atom stereocenters. The second-order valence-corrected chi connectivity index (χ2v) is 4.01. The summed E-state index contributed by atoms with van der Waals surface area (Å²) in [5.41, 5.74) is 0.228. The van der Waals surface area contributed by atoms with Gasteiger partial charge in [-0.25, -0.2) is 4.79 Å². The van der Waals surface area contributed by atoms with Gasteiger partial charge < -0.3 is 9.84 Å². The number of carboxylic acid groups (broad SMARTS) is 1. The van der Waals surface area contributed by atoms with Gasteiger partial charge in [0.2, 0.25) is 0 Å². The molecule has 0 aliphatic rings. The van der Waals surface area contributed by atoms with E-state index in [0.29, 0.717) is 18.3 Å². The summed E-state index contributed by atoms with van der Waals surface area (Å²) in [5.74, 6) is -0.0384. The molecule has 0 aromatic heterocycles. The molecule has 0 heterocycles. The van der Waals surface area contributed by atoms with E-state index in [1.807, 2.05) is 0 Å². The van der Waals surface area contributed by atoms with E-state index in [9.17, 15) is 4.79 Å². The maximum absolute atomic E-state index is 10.9. The van der Waals surface area contributed by atoms with Crippen LogP contribution in [0.4, 0.5) is 0 Å². The number of benzene rings is 1. The predicted molar refractivity (Wildman–Crippen MR) is 63.0 cm³/mol. The largest absolute Gasteiger partial charge is 0.492 e. The maximum atomic E-state index is 10.9. The Morgan fingerprint density at radius 2 is 2.12 bits per heavy atom. The fraction of sp³-hybridized carbons (Fsp3) is 0.462. The topological polar surface area (TPSA) is 46.5 Å². The van der Waals surface area contributed by atoms with Crippen LogP contribution in [0.3, 0.4) is 0 Å². The third-order valence-corrected chi connectivity index (χ3v) is 2.42. The van der Waals surface area contributed by atoms with Gasteiger partial charge in [-0.3, -0.25) is 0 Å².